The zero-order valence-corrected chi connectivity index (χ0v) is 11.0. The van der Waals surface area contributed by atoms with Crippen molar-refractivity contribution in [1.82, 2.24) is 0 Å². The predicted molar refractivity (Wildman–Crippen MR) is 75.9 cm³/mol. The van der Waals surface area contributed by atoms with E-state index in [1.54, 1.807) is 0 Å². The van der Waals surface area contributed by atoms with Gasteiger partial charge in [0.15, 0.2) is 0 Å². The fourth-order valence-electron chi connectivity index (χ4n) is 2.28. The highest BCUT2D eigenvalue weighted by Gasteiger charge is 2.12. The van der Waals surface area contributed by atoms with Crippen molar-refractivity contribution in [3.05, 3.63) is 35.9 Å². The van der Waals surface area contributed by atoms with Crippen molar-refractivity contribution < 1.29 is 0 Å². The highest BCUT2D eigenvalue weighted by molar-refractivity contribution is 5.85. The Hall–Kier alpha value is -1.02. The summed E-state index contributed by atoms with van der Waals surface area (Å²) >= 11 is 0. The summed E-state index contributed by atoms with van der Waals surface area (Å²) in [5.41, 5.74) is 7.18. The molecule has 0 spiro atoms. The van der Waals surface area contributed by atoms with Gasteiger partial charge in [0.2, 0.25) is 0 Å². The minimum absolute atomic E-state index is 0. The van der Waals surface area contributed by atoms with Gasteiger partial charge in [-0.3, -0.25) is 4.99 Å². The van der Waals surface area contributed by atoms with Crippen LogP contribution in [0.3, 0.4) is 0 Å². The van der Waals surface area contributed by atoms with Gasteiger partial charge in [0, 0.05) is 6.42 Å². The maximum atomic E-state index is 5.76. The number of amidine groups is 1. The molecule has 2 rings (SSSR count). The zero-order valence-electron chi connectivity index (χ0n) is 10.1. The van der Waals surface area contributed by atoms with Crippen LogP contribution < -0.4 is 5.73 Å². The number of hydrogen-bond acceptors (Lipinski definition) is 2. The highest BCUT2D eigenvalue weighted by Crippen LogP contribution is 2.17. The first kappa shape index (κ1) is 14.0. The second-order valence-electron chi connectivity index (χ2n) is 4.54. The lowest BCUT2D eigenvalue weighted by Crippen LogP contribution is -2.21. The number of nitrogens with two attached hydrogens (primary N) is 1. The van der Waals surface area contributed by atoms with Crippen molar-refractivity contribution in [3.8, 4) is 0 Å². The molecule has 1 heterocycles. The van der Waals surface area contributed by atoms with Gasteiger partial charge in [-0.05, 0) is 37.7 Å². The van der Waals surface area contributed by atoms with Crippen LogP contribution in [0.2, 0.25) is 0 Å². The Morgan fingerprint density at radius 2 is 2.00 bits per heavy atom. The Labute approximate surface area is 110 Å². The number of halogens is 1. The van der Waals surface area contributed by atoms with Gasteiger partial charge >= 0.3 is 0 Å². The Balaban J connectivity index is 0.00000144. The number of nitrogens with zero attached hydrogens (tertiary/aromatic N) is 1. The molecule has 1 aliphatic heterocycles. The first-order chi connectivity index (χ1) is 7.84. The van der Waals surface area contributed by atoms with Crippen LogP contribution >= 0.6 is 12.4 Å². The van der Waals surface area contributed by atoms with E-state index >= 15 is 0 Å². The van der Waals surface area contributed by atoms with Crippen LogP contribution in [0.5, 0.6) is 0 Å². The van der Waals surface area contributed by atoms with E-state index in [-0.39, 0.29) is 12.4 Å². The normalized spacial score (nSPS) is 19.3. The summed E-state index contributed by atoms with van der Waals surface area (Å²) in [4.78, 5) is 4.51. The van der Waals surface area contributed by atoms with Gasteiger partial charge in [0.05, 0.1) is 11.9 Å². The van der Waals surface area contributed by atoms with Crippen LogP contribution in [0.15, 0.2) is 35.3 Å². The molecule has 1 unspecified atom stereocenters. The van der Waals surface area contributed by atoms with E-state index in [0.717, 1.165) is 18.7 Å². The van der Waals surface area contributed by atoms with E-state index in [0.29, 0.717) is 6.04 Å². The summed E-state index contributed by atoms with van der Waals surface area (Å²) in [5.74, 6) is 0.857. The lowest BCUT2D eigenvalue weighted by atomic mass is 9.99. The number of aryl methyl sites for hydroxylation is 1. The summed E-state index contributed by atoms with van der Waals surface area (Å²) < 4.78 is 0. The fourth-order valence-corrected chi connectivity index (χ4v) is 2.28. The van der Waals surface area contributed by atoms with Gasteiger partial charge < -0.3 is 5.73 Å². The van der Waals surface area contributed by atoms with Gasteiger partial charge in [-0.25, -0.2) is 0 Å². The standard InChI is InChI=1S/C14H20N2.ClH/c15-14-11-5-10-13(16-14)9-4-8-12-6-2-1-3-7-12;/h1-3,6-7,13H,4-5,8-11H2,(H2,15,16);1H. The van der Waals surface area contributed by atoms with Crippen LogP contribution in [0.1, 0.15) is 37.7 Å². The minimum Gasteiger partial charge on any atom is -0.387 e. The molecular formula is C14H21ClN2. The van der Waals surface area contributed by atoms with Crippen LogP contribution in [0.4, 0.5) is 0 Å². The van der Waals surface area contributed by atoms with E-state index in [1.807, 2.05) is 0 Å². The molecule has 0 fully saturated rings. The van der Waals surface area contributed by atoms with Crippen LogP contribution in [0.25, 0.3) is 0 Å². The molecule has 2 nitrogen and oxygen atoms in total. The SMILES string of the molecule is Cl.NC1=NC(CCCc2ccccc2)CCC1. The maximum Gasteiger partial charge on any atom is 0.0940 e. The molecule has 1 aromatic rings. The minimum atomic E-state index is 0. The molecule has 2 N–H and O–H groups in total. The van der Waals surface area contributed by atoms with Crippen molar-refractivity contribution in [2.45, 2.75) is 44.6 Å². The molecular weight excluding hydrogens is 232 g/mol. The van der Waals surface area contributed by atoms with E-state index in [9.17, 15) is 0 Å². The van der Waals surface area contributed by atoms with Crippen molar-refractivity contribution in [1.29, 1.82) is 0 Å². The van der Waals surface area contributed by atoms with E-state index in [4.69, 9.17) is 5.73 Å². The molecule has 0 aromatic heterocycles. The molecule has 0 bridgehead atoms. The highest BCUT2D eigenvalue weighted by atomic mass is 35.5. The fraction of sp³-hybridized carbons (Fsp3) is 0.500. The van der Waals surface area contributed by atoms with Gasteiger partial charge in [-0.1, -0.05) is 30.3 Å². The maximum absolute atomic E-state index is 5.76. The van der Waals surface area contributed by atoms with Gasteiger partial charge in [-0.15, -0.1) is 12.4 Å². The van der Waals surface area contributed by atoms with Crippen LogP contribution in [0, 0.1) is 0 Å². The van der Waals surface area contributed by atoms with Crippen molar-refractivity contribution in [3.63, 3.8) is 0 Å². The molecule has 17 heavy (non-hydrogen) atoms. The van der Waals surface area contributed by atoms with Crippen molar-refractivity contribution >= 4 is 18.2 Å². The molecule has 0 saturated heterocycles. The first-order valence-electron chi connectivity index (χ1n) is 6.20. The second kappa shape index (κ2) is 7.33. The molecule has 1 atom stereocenters. The molecule has 0 saturated carbocycles. The number of benzene rings is 1. The third-order valence-corrected chi connectivity index (χ3v) is 3.16. The molecule has 0 amide bonds. The third kappa shape index (κ3) is 4.78. The third-order valence-electron chi connectivity index (χ3n) is 3.16. The summed E-state index contributed by atoms with van der Waals surface area (Å²) in [6.07, 6.45) is 6.98. The first-order valence-corrected chi connectivity index (χ1v) is 6.20. The summed E-state index contributed by atoms with van der Waals surface area (Å²) in [6.45, 7) is 0. The molecule has 1 aliphatic rings. The summed E-state index contributed by atoms with van der Waals surface area (Å²) in [6, 6.07) is 11.1. The Kier molecular flexibility index (Phi) is 6.06. The van der Waals surface area contributed by atoms with Gasteiger partial charge in [0.25, 0.3) is 0 Å². The topological polar surface area (TPSA) is 38.4 Å². The number of aliphatic imine (C=N–C) groups is 1. The van der Waals surface area contributed by atoms with E-state index in [2.05, 4.69) is 35.3 Å². The van der Waals surface area contributed by atoms with Crippen LogP contribution in [-0.2, 0) is 6.42 Å². The Morgan fingerprint density at radius 3 is 2.71 bits per heavy atom. The Bertz CT molecular complexity index is 348. The lowest BCUT2D eigenvalue weighted by Gasteiger charge is -2.18. The zero-order chi connectivity index (χ0) is 11.2. The molecule has 1 aromatic carbocycles. The quantitative estimate of drug-likeness (QED) is 0.877. The van der Waals surface area contributed by atoms with Gasteiger partial charge in [0.1, 0.15) is 0 Å². The molecule has 0 aliphatic carbocycles. The van der Waals surface area contributed by atoms with E-state index < -0.39 is 0 Å². The average molecular weight is 253 g/mol. The van der Waals surface area contributed by atoms with Crippen molar-refractivity contribution in [2.24, 2.45) is 10.7 Å². The number of hydrogen-bond donors (Lipinski definition) is 1. The van der Waals surface area contributed by atoms with E-state index in [1.165, 1.54) is 31.2 Å². The summed E-state index contributed by atoms with van der Waals surface area (Å²) in [5, 5.41) is 0. The van der Waals surface area contributed by atoms with Crippen molar-refractivity contribution in [2.75, 3.05) is 0 Å². The predicted octanol–water partition coefficient (Wildman–Crippen LogP) is 3.34. The number of rotatable bonds is 4. The molecule has 0 radical (unpaired) electrons. The second-order valence-corrected chi connectivity index (χ2v) is 4.54. The smallest absolute Gasteiger partial charge is 0.0940 e. The van der Waals surface area contributed by atoms with Gasteiger partial charge in [-0.2, -0.15) is 0 Å². The lowest BCUT2D eigenvalue weighted by molar-refractivity contribution is 0.515. The monoisotopic (exact) mass is 252 g/mol. The largest absolute Gasteiger partial charge is 0.387 e. The summed E-state index contributed by atoms with van der Waals surface area (Å²) in [7, 11) is 0. The average Bonchev–Trinajstić information content (AvgIpc) is 2.30. The van der Waals surface area contributed by atoms with Crippen LogP contribution in [-0.4, -0.2) is 11.9 Å². The molecule has 94 valence electrons. The molecule has 3 heteroatoms. The Morgan fingerprint density at radius 1 is 1.24 bits per heavy atom.